The van der Waals surface area contributed by atoms with Crippen molar-refractivity contribution in [3.63, 3.8) is 0 Å². The van der Waals surface area contributed by atoms with E-state index in [1.165, 1.54) is 6.92 Å². The average Bonchev–Trinajstić information content (AvgIpc) is 2.83. The van der Waals surface area contributed by atoms with Crippen molar-refractivity contribution >= 4 is 23.8 Å². The molecule has 1 heterocycles. The van der Waals surface area contributed by atoms with E-state index in [1.54, 1.807) is 26.0 Å². The summed E-state index contributed by atoms with van der Waals surface area (Å²) in [4.78, 5) is 36.8. The lowest BCUT2D eigenvalue weighted by Crippen LogP contribution is -2.43. The molecule has 1 atom stereocenters. The van der Waals surface area contributed by atoms with E-state index >= 15 is 0 Å². The molecule has 2 rings (SSSR count). The van der Waals surface area contributed by atoms with Crippen molar-refractivity contribution in [1.29, 1.82) is 0 Å². The fourth-order valence-corrected chi connectivity index (χ4v) is 3.46. The summed E-state index contributed by atoms with van der Waals surface area (Å²) in [6.45, 7) is 4.82. The number of nitrogens with one attached hydrogen (secondary N) is 3. The molecule has 2 amide bonds. The van der Waals surface area contributed by atoms with Gasteiger partial charge in [-0.05, 0) is 39.2 Å². The van der Waals surface area contributed by atoms with Crippen molar-refractivity contribution in [2.24, 2.45) is 0 Å². The SMILES string of the molecule is Cc1nc(NC(C)(C)CC/C=C/CC(OCc2ccccc2)C(=O)NNC=O)c(C(F)(F)F)cc1[N+](=O)[O-]. The second-order valence-electron chi connectivity index (χ2n) is 9.04. The molecule has 206 valence electrons. The Kier molecular flexibility index (Phi) is 10.8. The van der Waals surface area contributed by atoms with Gasteiger partial charge in [-0.25, -0.2) is 4.98 Å². The number of aromatic nitrogens is 1. The number of carbonyl (C=O) groups is 2. The molecule has 0 saturated heterocycles. The number of aryl methyl sites for hydroxylation is 1. The van der Waals surface area contributed by atoms with Gasteiger partial charge in [0.25, 0.3) is 11.6 Å². The minimum absolute atomic E-state index is 0.134. The Morgan fingerprint density at radius 3 is 2.50 bits per heavy atom. The van der Waals surface area contributed by atoms with E-state index in [2.05, 4.69) is 21.2 Å². The monoisotopic (exact) mass is 537 g/mol. The third-order valence-electron chi connectivity index (χ3n) is 5.44. The van der Waals surface area contributed by atoms with Crippen molar-refractivity contribution < 1.29 is 32.4 Å². The van der Waals surface area contributed by atoms with Crippen molar-refractivity contribution in [2.75, 3.05) is 5.32 Å². The molecule has 0 bridgehead atoms. The summed E-state index contributed by atoms with van der Waals surface area (Å²) >= 11 is 0. The molecule has 0 aliphatic carbocycles. The van der Waals surface area contributed by atoms with Gasteiger partial charge in [0.2, 0.25) is 6.41 Å². The summed E-state index contributed by atoms with van der Waals surface area (Å²) in [5, 5.41) is 13.8. The Morgan fingerprint density at radius 2 is 1.89 bits per heavy atom. The molecule has 0 spiro atoms. The summed E-state index contributed by atoms with van der Waals surface area (Å²) in [7, 11) is 0. The van der Waals surface area contributed by atoms with Crippen LogP contribution in [0.2, 0.25) is 0 Å². The van der Waals surface area contributed by atoms with Crippen molar-refractivity contribution in [3.8, 4) is 0 Å². The predicted molar refractivity (Wildman–Crippen MR) is 134 cm³/mol. The van der Waals surface area contributed by atoms with Crippen LogP contribution >= 0.6 is 0 Å². The first-order valence-corrected chi connectivity index (χ1v) is 11.6. The maximum absolute atomic E-state index is 13.6. The predicted octanol–water partition coefficient (Wildman–Crippen LogP) is 4.60. The number of benzene rings is 1. The molecule has 2 aromatic rings. The van der Waals surface area contributed by atoms with Crippen molar-refractivity contribution in [1.82, 2.24) is 15.8 Å². The number of rotatable bonds is 14. The number of nitro groups is 1. The highest BCUT2D eigenvalue weighted by atomic mass is 19.4. The van der Waals surface area contributed by atoms with E-state index in [4.69, 9.17) is 4.74 Å². The number of hydrogen-bond acceptors (Lipinski definition) is 7. The second-order valence-corrected chi connectivity index (χ2v) is 9.04. The fourth-order valence-electron chi connectivity index (χ4n) is 3.46. The minimum atomic E-state index is -4.84. The molecule has 10 nitrogen and oxygen atoms in total. The summed E-state index contributed by atoms with van der Waals surface area (Å²) in [5.74, 6) is -1.03. The van der Waals surface area contributed by atoms with Crippen LogP contribution in [0.1, 0.15) is 49.9 Å². The molecule has 0 aliphatic heterocycles. The first-order valence-electron chi connectivity index (χ1n) is 11.6. The van der Waals surface area contributed by atoms with E-state index in [1.807, 2.05) is 30.3 Å². The van der Waals surface area contributed by atoms with Crippen molar-refractivity contribution in [2.45, 2.75) is 64.5 Å². The molecule has 0 fully saturated rings. The van der Waals surface area contributed by atoms with E-state index in [-0.39, 0.29) is 18.7 Å². The molecule has 0 aliphatic rings. The number of hydrogen-bond donors (Lipinski definition) is 3. The maximum atomic E-state index is 13.6. The Morgan fingerprint density at radius 1 is 1.21 bits per heavy atom. The van der Waals surface area contributed by atoms with Gasteiger partial charge in [-0.3, -0.25) is 30.6 Å². The fraction of sp³-hybridized carbons (Fsp3) is 0.400. The van der Waals surface area contributed by atoms with Crippen LogP contribution in [0.5, 0.6) is 0 Å². The third-order valence-corrected chi connectivity index (χ3v) is 5.44. The quantitative estimate of drug-likeness (QED) is 0.139. The summed E-state index contributed by atoms with van der Waals surface area (Å²) in [5.41, 5.74) is 2.26. The molecule has 38 heavy (non-hydrogen) atoms. The van der Waals surface area contributed by atoms with Gasteiger partial charge in [0.15, 0.2) is 0 Å². The van der Waals surface area contributed by atoms with Gasteiger partial charge in [-0.2, -0.15) is 13.2 Å². The van der Waals surface area contributed by atoms with Gasteiger partial charge in [0, 0.05) is 18.0 Å². The Hall–Kier alpha value is -4.00. The van der Waals surface area contributed by atoms with E-state index in [0.29, 0.717) is 25.3 Å². The maximum Gasteiger partial charge on any atom is 0.420 e. The van der Waals surface area contributed by atoms with Crippen LogP contribution in [0.15, 0.2) is 48.6 Å². The highest BCUT2D eigenvalue weighted by Crippen LogP contribution is 2.38. The number of pyridine rings is 1. The third kappa shape index (κ3) is 9.47. The normalized spacial score (nSPS) is 12.7. The van der Waals surface area contributed by atoms with Gasteiger partial charge >= 0.3 is 6.18 Å². The largest absolute Gasteiger partial charge is 0.420 e. The van der Waals surface area contributed by atoms with Crippen LogP contribution in [0.3, 0.4) is 0 Å². The lowest BCUT2D eigenvalue weighted by atomic mass is 9.97. The Labute approximate surface area is 217 Å². The van der Waals surface area contributed by atoms with Crippen LogP contribution in [0.4, 0.5) is 24.7 Å². The van der Waals surface area contributed by atoms with Gasteiger partial charge in [-0.15, -0.1) is 0 Å². The van der Waals surface area contributed by atoms with Crippen LogP contribution in [-0.2, 0) is 27.1 Å². The van der Waals surface area contributed by atoms with E-state index in [9.17, 15) is 32.9 Å². The van der Waals surface area contributed by atoms with Crippen LogP contribution in [-0.4, -0.2) is 33.9 Å². The first-order chi connectivity index (χ1) is 17.8. The molecule has 0 saturated carbocycles. The summed E-state index contributed by atoms with van der Waals surface area (Å²) < 4.78 is 46.4. The van der Waals surface area contributed by atoms with Crippen LogP contribution < -0.4 is 16.2 Å². The number of nitrogens with zero attached hydrogens (tertiary/aromatic N) is 2. The van der Waals surface area contributed by atoms with Crippen LogP contribution in [0, 0.1) is 17.0 Å². The van der Waals surface area contributed by atoms with Gasteiger partial charge in [0.05, 0.1) is 11.5 Å². The van der Waals surface area contributed by atoms with E-state index in [0.717, 1.165) is 5.56 Å². The molecule has 1 aromatic heterocycles. The molecular formula is C25H30F3N5O5. The summed E-state index contributed by atoms with van der Waals surface area (Å²) in [6.07, 6.45) is -0.926. The summed E-state index contributed by atoms with van der Waals surface area (Å²) in [6, 6.07) is 9.69. The Balaban J connectivity index is 2.02. The highest BCUT2D eigenvalue weighted by Gasteiger charge is 2.38. The molecular weight excluding hydrogens is 507 g/mol. The first kappa shape index (κ1) is 30.2. The standard InChI is InChI=1S/C25H30F3N5O5/c1-17-20(33(36)37)14-19(25(26,27)28)22(30-17)31-24(2,3)13-9-5-8-12-21(23(35)32-29-16-34)38-15-18-10-6-4-7-11-18/h4-8,10-11,14,16,21H,9,12-13,15H2,1-3H3,(H,29,34)(H,30,31)(H,32,35)/b8-5+. The number of halogens is 3. The zero-order chi connectivity index (χ0) is 28.3. The lowest BCUT2D eigenvalue weighted by molar-refractivity contribution is -0.386. The van der Waals surface area contributed by atoms with Gasteiger partial charge in [0.1, 0.15) is 23.2 Å². The zero-order valence-electron chi connectivity index (χ0n) is 21.2. The molecule has 1 unspecified atom stereocenters. The van der Waals surface area contributed by atoms with Gasteiger partial charge in [-0.1, -0.05) is 42.5 Å². The van der Waals surface area contributed by atoms with Gasteiger partial charge < -0.3 is 10.1 Å². The molecule has 3 N–H and O–H groups in total. The number of allylic oxidation sites excluding steroid dienone is 1. The minimum Gasteiger partial charge on any atom is -0.365 e. The van der Waals surface area contributed by atoms with Crippen LogP contribution in [0.25, 0.3) is 0 Å². The average molecular weight is 538 g/mol. The lowest BCUT2D eigenvalue weighted by Gasteiger charge is -2.28. The highest BCUT2D eigenvalue weighted by molar-refractivity contribution is 5.81. The number of carbonyl (C=O) groups excluding carboxylic acids is 2. The second kappa shape index (κ2) is 13.5. The number of alkyl halides is 3. The van der Waals surface area contributed by atoms with Crippen molar-refractivity contribution in [3.05, 3.63) is 75.5 Å². The topological polar surface area (TPSA) is 135 Å². The molecule has 13 heteroatoms. The number of amides is 2. The van der Waals surface area contributed by atoms with E-state index < -0.39 is 45.7 Å². The zero-order valence-corrected chi connectivity index (χ0v) is 21.2. The molecule has 0 radical (unpaired) electrons. The number of anilines is 1. The number of ether oxygens (including phenoxy) is 1. The number of hydrazine groups is 1. The Bertz CT molecular complexity index is 1140. The smallest absolute Gasteiger partial charge is 0.365 e. The molecule has 1 aromatic carbocycles.